The zero-order valence-electron chi connectivity index (χ0n) is 10.6. The molecule has 0 rings (SSSR count). The van der Waals surface area contributed by atoms with E-state index in [0.717, 1.165) is 0 Å². The Morgan fingerprint density at radius 3 is 2.12 bits per heavy atom. The molecule has 0 atom stereocenters. The Morgan fingerprint density at radius 1 is 1.25 bits per heavy atom. The van der Waals surface area contributed by atoms with E-state index in [9.17, 15) is 4.79 Å². The molecule has 4 nitrogen and oxygen atoms in total. The highest BCUT2D eigenvalue weighted by Gasteiger charge is 2.14. The number of rotatable bonds is 8. The summed E-state index contributed by atoms with van der Waals surface area (Å²) < 4.78 is 16.2. The van der Waals surface area contributed by atoms with Crippen LogP contribution in [-0.2, 0) is 18.7 Å². The van der Waals surface area contributed by atoms with Gasteiger partial charge in [-0.05, 0) is 27.7 Å². The molecular formula is C11H22O4Si. The summed E-state index contributed by atoms with van der Waals surface area (Å²) in [6, 6.07) is 0.663. The van der Waals surface area contributed by atoms with E-state index in [4.69, 9.17) is 13.9 Å². The maximum absolute atomic E-state index is 10.9. The molecule has 0 N–H and O–H groups in total. The van der Waals surface area contributed by atoms with Crippen LogP contribution in [0, 0.1) is 0 Å². The molecule has 0 fully saturated rings. The monoisotopic (exact) mass is 246 g/mol. The van der Waals surface area contributed by atoms with Crippen molar-refractivity contribution in [2.24, 2.45) is 0 Å². The number of carbonyl (C=O) groups excluding carboxylic acids is 1. The zero-order valence-corrected chi connectivity index (χ0v) is 12.0. The second kappa shape index (κ2) is 8.49. The van der Waals surface area contributed by atoms with Gasteiger partial charge in [0.05, 0.1) is 12.2 Å². The van der Waals surface area contributed by atoms with Gasteiger partial charge in [0.2, 0.25) is 9.76 Å². The fourth-order valence-corrected chi connectivity index (χ4v) is 1.99. The number of carbonyl (C=O) groups is 1. The summed E-state index contributed by atoms with van der Waals surface area (Å²) in [5.74, 6) is -0.362. The highest BCUT2D eigenvalue weighted by atomic mass is 28.2. The van der Waals surface area contributed by atoms with Crippen molar-refractivity contribution in [3.63, 3.8) is 0 Å². The minimum Gasteiger partial charge on any atom is -0.522 e. The van der Waals surface area contributed by atoms with Crippen molar-refractivity contribution >= 4 is 15.7 Å². The molecule has 0 aliphatic heterocycles. The maximum Gasteiger partial charge on any atom is 0.316 e. The first-order valence-electron chi connectivity index (χ1n) is 5.55. The van der Waals surface area contributed by atoms with Crippen molar-refractivity contribution in [1.82, 2.24) is 0 Å². The second-order valence-electron chi connectivity index (χ2n) is 3.96. The van der Waals surface area contributed by atoms with Crippen LogP contribution in [0.2, 0.25) is 6.04 Å². The van der Waals surface area contributed by atoms with Gasteiger partial charge in [-0.15, -0.1) is 0 Å². The van der Waals surface area contributed by atoms with E-state index >= 15 is 0 Å². The van der Waals surface area contributed by atoms with Gasteiger partial charge in [-0.2, -0.15) is 0 Å². The Kier molecular flexibility index (Phi) is 8.15. The van der Waals surface area contributed by atoms with Crippen LogP contribution >= 0.6 is 0 Å². The first kappa shape index (κ1) is 15.3. The van der Waals surface area contributed by atoms with Gasteiger partial charge in [0.15, 0.2) is 6.29 Å². The first-order valence-corrected chi connectivity index (χ1v) is 7.13. The summed E-state index contributed by atoms with van der Waals surface area (Å²) in [5.41, 5.74) is 0. The summed E-state index contributed by atoms with van der Waals surface area (Å²) >= 11 is 0. The highest BCUT2D eigenvalue weighted by Crippen LogP contribution is 2.08. The standard InChI is InChI=1S/C11H22O4Si/c1-6-10(12)15-16-7-11(13-8(2)3)14-9(4)5/h6,8-9,11H,1,7,16H2,2-5H3. The predicted octanol–water partition coefficient (Wildman–Crippen LogP) is 1.39. The third-order valence-corrected chi connectivity index (χ3v) is 2.81. The van der Waals surface area contributed by atoms with Crippen LogP contribution in [0.25, 0.3) is 0 Å². The Balaban J connectivity index is 3.91. The van der Waals surface area contributed by atoms with E-state index in [1.165, 1.54) is 6.08 Å². The van der Waals surface area contributed by atoms with Gasteiger partial charge in [-0.1, -0.05) is 6.58 Å². The van der Waals surface area contributed by atoms with E-state index in [0.29, 0.717) is 6.04 Å². The third-order valence-electron chi connectivity index (χ3n) is 1.61. The molecular weight excluding hydrogens is 224 g/mol. The molecule has 0 aliphatic carbocycles. The van der Waals surface area contributed by atoms with Crippen molar-refractivity contribution in [1.29, 1.82) is 0 Å². The van der Waals surface area contributed by atoms with E-state index in [2.05, 4.69) is 6.58 Å². The third kappa shape index (κ3) is 8.64. The van der Waals surface area contributed by atoms with Crippen molar-refractivity contribution < 1.29 is 18.7 Å². The molecule has 0 bridgehead atoms. The topological polar surface area (TPSA) is 44.8 Å². The molecule has 0 unspecified atom stereocenters. The highest BCUT2D eigenvalue weighted by molar-refractivity contribution is 6.31. The maximum atomic E-state index is 10.9. The van der Waals surface area contributed by atoms with Crippen LogP contribution in [0.3, 0.4) is 0 Å². The van der Waals surface area contributed by atoms with E-state index in [-0.39, 0.29) is 24.5 Å². The first-order chi connectivity index (χ1) is 7.45. The number of hydrogen-bond donors (Lipinski definition) is 0. The summed E-state index contributed by atoms with van der Waals surface area (Å²) in [6.07, 6.45) is 1.11. The molecule has 94 valence electrons. The summed E-state index contributed by atoms with van der Waals surface area (Å²) in [6.45, 7) is 11.1. The van der Waals surface area contributed by atoms with Gasteiger partial charge in [-0.25, -0.2) is 4.79 Å². The lowest BCUT2D eigenvalue weighted by Gasteiger charge is -2.22. The molecule has 16 heavy (non-hydrogen) atoms. The Hall–Kier alpha value is -0.653. The van der Waals surface area contributed by atoms with E-state index < -0.39 is 9.76 Å². The van der Waals surface area contributed by atoms with Crippen molar-refractivity contribution in [3.8, 4) is 0 Å². The molecule has 0 saturated carbocycles. The molecule has 0 radical (unpaired) electrons. The predicted molar refractivity (Wildman–Crippen MR) is 65.9 cm³/mol. The van der Waals surface area contributed by atoms with Crippen LogP contribution < -0.4 is 0 Å². The fraction of sp³-hybridized carbons (Fsp3) is 0.727. The lowest BCUT2D eigenvalue weighted by atomic mass is 10.4. The molecule has 0 saturated heterocycles. The molecule has 0 aliphatic rings. The second-order valence-corrected chi connectivity index (χ2v) is 5.23. The van der Waals surface area contributed by atoms with Gasteiger partial charge < -0.3 is 13.9 Å². The van der Waals surface area contributed by atoms with E-state index in [1.54, 1.807) is 0 Å². The quantitative estimate of drug-likeness (QED) is 0.369. The average molecular weight is 246 g/mol. The summed E-state index contributed by atoms with van der Waals surface area (Å²) in [7, 11) is -0.951. The smallest absolute Gasteiger partial charge is 0.316 e. The number of hydrogen-bond acceptors (Lipinski definition) is 4. The molecule has 0 spiro atoms. The zero-order chi connectivity index (χ0) is 12.6. The fourth-order valence-electron chi connectivity index (χ4n) is 1.09. The Morgan fingerprint density at radius 2 is 1.75 bits per heavy atom. The molecule has 5 heteroatoms. The van der Waals surface area contributed by atoms with Gasteiger partial charge in [0.25, 0.3) is 0 Å². The normalized spacial score (nSPS) is 11.9. The van der Waals surface area contributed by atoms with Crippen LogP contribution in [0.15, 0.2) is 12.7 Å². The van der Waals surface area contributed by atoms with Crippen LogP contribution in [0.1, 0.15) is 27.7 Å². The lowest BCUT2D eigenvalue weighted by Crippen LogP contribution is -2.26. The Labute approximate surface area is 99.9 Å². The van der Waals surface area contributed by atoms with Gasteiger partial charge >= 0.3 is 5.97 Å². The van der Waals surface area contributed by atoms with E-state index in [1.807, 2.05) is 27.7 Å². The Bertz CT molecular complexity index is 206. The van der Waals surface area contributed by atoms with Crippen molar-refractivity contribution in [2.75, 3.05) is 0 Å². The summed E-state index contributed by atoms with van der Waals surface area (Å²) in [4.78, 5) is 10.9. The molecule has 0 aromatic heterocycles. The number of ether oxygens (including phenoxy) is 2. The van der Waals surface area contributed by atoms with Gasteiger partial charge in [0.1, 0.15) is 0 Å². The largest absolute Gasteiger partial charge is 0.522 e. The minimum absolute atomic E-state index is 0.104. The van der Waals surface area contributed by atoms with Crippen LogP contribution in [0.4, 0.5) is 0 Å². The molecule has 0 aromatic carbocycles. The average Bonchev–Trinajstić information content (AvgIpc) is 2.15. The summed E-state index contributed by atoms with van der Waals surface area (Å²) in [5, 5.41) is 0. The SMILES string of the molecule is C=CC(=O)O[SiH2]CC(OC(C)C)OC(C)C. The minimum atomic E-state index is -0.951. The molecule has 0 aromatic rings. The van der Waals surface area contributed by atoms with Crippen molar-refractivity contribution in [2.45, 2.75) is 52.2 Å². The lowest BCUT2D eigenvalue weighted by molar-refractivity contribution is -0.170. The van der Waals surface area contributed by atoms with Crippen LogP contribution in [-0.4, -0.2) is 34.2 Å². The molecule has 0 heterocycles. The van der Waals surface area contributed by atoms with Crippen LogP contribution in [0.5, 0.6) is 0 Å². The van der Waals surface area contributed by atoms with Gasteiger partial charge in [-0.3, -0.25) is 0 Å². The van der Waals surface area contributed by atoms with Crippen molar-refractivity contribution in [3.05, 3.63) is 12.7 Å². The van der Waals surface area contributed by atoms with Gasteiger partial charge in [0, 0.05) is 12.1 Å². The molecule has 0 amide bonds.